The Labute approximate surface area is 133 Å². The summed E-state index contributed by atoms with van der Waals surface area (Å²) in [6, 6.07) is 7.64. The average Bonchev–Trinajstić information content (AvgIpc) is 3.20. The molecule has 0 spiro atoms. The number of fused-ring (bicyclic) bond motifs is 1. The van der Waals surface area contributed by atoms with Crippen molar-refractivity contribution in [3.05, 3.63) is 46.3 Å². The minimum atomic E-state index is -0.984. The first-order chi connectivity index (χ1) is 10.7. The predicted molar refractivity (Wildman–Crippen MR) is 86.7 cm³/mol. The number of amides is 1. The van der Waals surface area contributed by atoms with E-state index in [1.54, 1.807) is 18.0 Å². The van der Waals surface area contributed by atoms with Gasteiger partial charge < -0.3 is 5.11 Å². The lowest BCUT2D eigenvalue weighted by Crippen LogP contribution is -2.38. The molecular weight excluding hydrogens is 296 g/mol. The van der Waals surface area contributed by atoms with Crippen LogP contribution >= 0.6 is 11.3 Å². The zero-order valence-corrected chi connectivity index (χ0v) is 13.0. The largest absolute Gasteiger partial charge is 0.380 e. The van der Waals surface area contributed by atoms with Gasteiger partial charge in [0.15, 0.2) is 0 Å². The Hall–Kier alpha value is -2.16. The first kappa shape index (κ1) is 14.8. The number of pyridine rings is 1. The van der Waals surface area contributed by atoms with E-state index in [2.05, 4.69) is 16.8 Å². The summed E-state index contributed by atoms with van der Waals surface area (Å²) in [4.78, 5) is 19.4. The van der Waals surface area contributed by atoms with Crippen LogP contribution < -0.4 is 4.90 Å². The van der Waals surface area contributed by atoms with E-state index in [0.29, 0.717) is 12.4 Å². The molecule has 3 rings (SSSR count). The minimum Gasteiger partial charge on any atom is -0.380 e. The summed E-state index contributed by atoms with van der Waals surface area (Å²) in [6.07, 6.45) is 1.50. The van der Waals surface area contributed by atoms with Crippen molar-refractivity contribution in [3.63, 3.8) is 0 Å². The summed E-state index contributed by atoms with van der Waals surface area (Å²) in [5, 5.41) is 12.1. The zero-order valence-electron chi connectivity index (χ0n) is 12.2. The Morgan fingerprint density at radius 3 is 3.09 bits per heavy atom. The smallest absolute Gasteiger partial charge is 0.234 e. The second-order valence-corrected chi connectivity index (χ2v) is 6.15. The fourth-order valence-corrected chi connectivity index (χ4v) is 3.00. The van der Waals surface area contributed by atoms with Crippen LogP contribution in [-0.2, 0) is 11.2 Å². The van der Waals surface area contributed by atoms with Crippen LogP contribution in [0.3, 0.4) is 0 Å². The van der Waals surface area contributed by atoms with Crippen molar-refractivity contribution in [1.29, 1.82) is 0 Å². The van der Waals surface area contributed by atoms with Gasteiger partial charge in [-0.2, -0.15) is 0 Å². The molecule has 0 bridgehead atoms. The van der Waals surface area contributed by atoms with Crippen LogP contribution in [0.4, 0.5) is 5.82 Å². The number of nitrogens with zero attached hydrogens (tertiary/aromatic N) is 2. The van der Waals surface area contributed by atoms with E-state index in [4.69, 9.17) is 0 Å². The normalized spacial score (nSPS) is 15.6. The van der Waals surface area contributed by atoms with Crippen LogP contribution in [-0.4, -0.2) is 28.6 Å². The van der Waals surface area contributed by atoms with Crippen molar-refractivity contribution in [3.8, 4) is 11.8 Å². The average molecular weight is 312 g/mol. The molecule has 3 heterocycles. The first-order valence-electron chi connectivity index (χ1n) is 7.15. The van der Waals surface area contributed by atoms with E-state index in [-0.39, 0.29) is 5.91 Å². The van der Waals surface area contributed by atoms with Gasteiger partial charge in [0.25, 0.3) is 0 Å². The number of thiophene rings is 1. The highest BCUT2D eigenvalue weighted by atomic mass is 32.1. The second-order valence-electron chi connectivity index (χ2n) is 5.21. The molecule has 0 radical (unpaired) electrons. The van der Waals surface area contributed by atoms with Gasteiger partial charge in [0.1, 0.15) is 11.9 Å². The van der Waals surface area contributed by atoms with E-state index >= 15 is 0 Å². The summed E-state index contributed by atoms with van der Waals surface area (Å²) in [5.74, 6) is 5.65. The summed E-state index contributed by atoms with van der Waals surface area (Å²) >= 11 is 1.51. The van der Waals surface area contributed by atoms with Crippen molar-refractivity contribution < 1.29 is 9.90 Å². The minimum absolute atomic E-state index is 0.134. The van der Waals surface area contributed by atoms with Crippen LogP contribution in [0.1, 0.15) is 17.4 Å². The van der Waals surface area contributed by atoms with E-state index in [0.717, 1.165) is 16.9 Å². The molecule has 112 valence electrons. The van der Waals surface area contributed by atoms with Crippen LogP contribution in [0.2, 0.25) is 0 Å². The SMILES string of the molecule is C[C@@H](C(=O)N1CCc2cccnc21)[C@H](O)C#Cc1cccs1. The fourth-order valence-electron chi connectivity index (χ4n) is 2.42. The Kier molecular flexibility index (Phi) is 4.23. The van der Waals surface area contributed by atoms with Gasteiger partial charge in [-0.25, -0.2) is 4.98 Å². The van der Waals surface area contributed by atoms with E-state index in [9.17, 15) is 9.90 Å². The summed E-state index contributed by atoms with van der Waals surface area (Å²) in [7, 11) is 0. The van der Waals surface area contributed by atoms with Crippen LogP contribution in [0, 0.1) is 17.8 Å². The highest BCUT2D eigenvalue weighted by Gasteiger charge is 2.31. The number of aromatic nitrogens is 1. The Morgan fingerprint density at radius 2 is 2.32 bits per heavy atom. The van der Waals surface area contributed by atoms with Crippen molar-refractivity contribution in [2.24, 2.45) is 5.92 Å². The lowest BCUT2D eigenvalue weighted by Gasteiger charge is -2.21. The predicted octanol–water partition coefficient (Wildman–Crippen LogP) is 2.08. The summed E-state index contributed by atoms with van der Waals surface area (Å²) < 4.78 is 0. The van der Waals surface area contributed by atoms with Crippen molar-refractivity contribution in [2.75, 3.05) is 11.4 Å². The highest BCUT2D eigenvalue weighted by molar-refractivity contribution is 7.10. The van der Waals surface area contributed by atoms with Gasteiger partial charge in [0, 0.05) is 12.7 Å². The van der Waals surface area contributed by atoms with E-state index < -0.39 is 12.0 Å². The summed E-state index contributed by atoms with van der Waals surface area (Å²) in [6.45, 7) is 2.32. The molecule has 1 amide bonds. The number of carbonyl (C=O) groups is 1. The molecule has 1 aliphatic heterocycles. The quantitative estimate of drug-likeness (QED) is 0.864. The van der Waals surface area contributed by atoms with Crippen molar-refractivity contribution >= 4 is 23.1 Å². The molecule has 0 saturated heterocycles. The lowest BCUT2D eigenvalue weighted by atomic mass is 10.0. The number of anilines is 1. The van der Waals surface area contributed by atoms with E-state index in [1.807, 2.05) is 29.6 Å². The Balaban J connectivity index is 1.72. The Morgan fingerprint density at radius 1 is 1.45 bits per heavy atom. The van der Waals surface area contributed by atoms with E-state index in [1.165, 1.54) is 11.3 Å². The van der Waals surface area contributed by atoms with Gasteiger partial charge in [-0.3, -0.25) is 9.69 Å². The summed E-state index contributed by atoms with van der Waals surface area (Å²) in [5.41, 5.74) is 1.07. The number of rotatable bonds is 2. The molecule has 0 aliphatic carbocycles. The zero-order chi connectivity index (χ0) is 15.5. The van der Waals surface area contributed by atoms with Crippen LogP contribution in [0.5, 0.6) is 0 Å². The number of hydrogen-bond donors (Lipinski definition) is 1. The second kappa shape index (κ2) is 6.30. The van der Waals surface area contributed by atoms with Gasteiger partial charge in [0.2, 0.25) is 5.91 Å². The maximum Gasteiger partial charge on any atom is 0.234 e. The molecule has 0 fully saturated rings. The van der Waals surface area contributed by atoms with Crippen LogP contribution in [0.25, 0.3) is 0 Å². The molecule has 1 N–H and O–H groups in total. The molecule has 1 aliphatic rings. The number of hydrogen-bond acceptors (Lipinski definition) is 4. The molecule has 2 aromatic heterocycles. The third kappa shape index (κ3) is 2.89. The first-order valence-corrected chi connectivity index (χ1v) is 8.03. The maximum absolute atomic E-state index is 12.6. The number of aliphatic hydroxyl groups excluding tert-OH is 1. The fraction of sp³-hybridized carbons (Fsp3) is 0.294. The monoisotopic (exact) mass is 312 g/mol. The van der Waals surface area contributed by atoms with Crippen molar-refractivity contribution in [2.45, 2.75) is 19.4 Å². The molecule has 0 unspecified atom stereocenters. The molecule has 0 aromatic carbocycles. The van der Waals surface area contributed by atoms with Gasteiger partial charge in [0.05, 0.1) is 10.8 Å². The Bertz CT molecular complexity index is 731. The standard InChI is InChI=1S/C17H16N2O2S/c1-12(15(20)7-6-14-5-3-11-22-14)17(21)19-10-8-13-4-2-9-18-16(13)19/h2-5,9,11-12,15,20H,8,10H2,1H3/t12-,15-/m1/s1. The molecule has 5 heteroatoms. The lowest BCUT2D eigenvalue weighted by molar-refractivity contribution is -0.124. The molecule has 4 nitrogen and oxygen atoms in total. The molecule has 0 saturated carbocycles. The number of aliphatic hydroxyl groups is 1. The van der Waals surface area contributed by atoms with Gasteiger partial charge in [-0.15, -0.1) is 11.3 Å². The maximum atomic E-state index is 12.6. The van der Waals surface area contributed by atoms with Crippen molar-refractivity contribution in [1.82, 2.24) is 4.98 Å². The van der Waals surface area contributed by atoms with Gasteiger partial charge >= 0.3 is 0 Å². The van der Waals surface area contributed by atoms with Gasteiger partial charge in [-0.1, -0.05) is 30.9 Å². The van der Waals surface area contributed by atoms with Crippen LogP contribution in [0.15, 0.2) is 35.8 Å². The number of carbonyl (C=O) groups excluding carboxylic acids is 1. The topological polar surface area (TPSA) is 53.4 Å². The molecule has 2 atom stereocenters. The molecular formula is C17H16N2O2S. The molecule has 2 aromatic rings. The molecule has 22 heavy (non-hydrogen) atoms. The third-order valence-corrected chi connectivity index (χ3v) is 4.51. The third-order valence-electron chi connectivity index (χ3n) is 3.72. The highest BCUT2D eigenvalue weighted by Crippen LogP contribution is 2.26. The van der Waals surface area contributed by atoms with Gasteiger partial charge in [-0.05, 0) is 29.5 Å².